The lowest BCUT2D eigenvalue weighted by molar-refractivity contribution is -0.113. The molecule has 0 atom stereocenters. The average molecular weight is 246 g/mol. The number of hydrogen-bond acceptors (Lipinski definition) is 1. The highest BCUT2D eigenvalue weighted by molar-refractivity contribution is 6.29. The van der Waals surface area contributed by atoms with E-state index in [4.69, 9.17) is 11.6 Å². The lowest BCUT2D eigenvalue weighted by Gasteiger charge is -2.08. The minimum Gasteiger partial charge on any atom is -0.322 e. The molecular weight excluding hydrogens is 236 g/mol. The summed E-state index contributed by atoms with van der Waals surface area (Å²) in [7, 11) is 0. The quantitative estimate of drug-likeness (QED) is 0.815. The van der Waals surface area contributed by atoms with E-state index >= 15 is 0 Å². The molecule has 0 bridgehead atoms. The predicted octanol–water partition coefficient (Wildman–Crippen LogP) is 3.02. The summed E-state index contributed by atoms with van der Waals surface area (Å²) >= 11 is 5.26. The van der Waals surface area contributed by atoms with Crippen molar-refractivity contribution in [1.82, 2.24) is 0 Å². The Morgan fingerprint density at radius 2 is 2.06 bits per heavy atom. The van der Waals surface area contributed by atoms with E-state index in [0.717, 1.165) is 12.8 Å². The summed E-state index contributed by atoms with van der Waals surface area (Å²) in [6.07, 6.45) is 1.79. The second kappa shape index (κ2) is 4.37. The van der Waals surface area contributed by atoms with Crippen molar-refractivity contribution in [1.29, 1.82) is 0 Å². The van der Waals surface area contributed by atoms with Crippen LogP contribution in [0.5, 0.6) is 0 Å². The van der Waals surface area contributed by atoms with E-state index in [2.05, 4.69) is 5.32 Å². The minimum absolute atomic E-state index is 0.132. The van der Waals surface area contributed by atoms with Crippen LogP contribution in [0.25, 0.3) is 0 Å². The topological polar surface area (TPSA) is 29.1 Å². The van der Waals surface area contributed by atoms with Gasteiger partial charge in [-0.15, -0.1) is 11.6 Å². The van der Waals surface area contributed by atoms with Gasteiger partial charge in [-0.05, 0) is 30.4 Å². The fraction of sp³-hybridized carbons (Fsp3) is 0.364. The molecule has 2 rings (SSSR count). The Labute approximate surface area is 96.6 Å². The SMILES string of the molecule is O=C(CCl)Nc1ccc(C2CC2)c(F)c1F. The van der Waals surface area contributed by atoms with E-state index in [-0.39, 0.29) is 17.5 Å². The molecule has 1 aromatic carbocycles. The number of hydrogen-bond donors (Lipinski definition) is 1. The third-order valence-electron chi connectivity index (χ3n) is 2.52. The van der Waals surface area contributed by atoms with Crippen LogP contribution in [-0.4, -0.2) is 11.8 Å². The van der Waals surface area contributed by atoms with E-state index in [9.17, 15) is 13.6 Å². The maximum atomic E-state index is 13.5. The number of carbonyl (C=O) groups is 1. The van der Waals surface area contributed by atoms with E-state index in [1.165, 1.54) is 12.1 Å². The van der Waals surface area contributed by atoms with Crippen molar-refractivity contribution in [2.45, 2.75) is 18.8 Å². The number of nitrogens with one attached hydrogen (secondary N) is 1. The molecule has 1 saturated carbocycles. The van der Waals surface area contributed by atoms with Crippen molar-refractivity contribution in [3.63, 3.8) is 0 Å². The van der Waals surface area contributed by atoms with Crippen LogP contribution in [0, 0.1) is 11.6 Å². The van der Waals surface area contributed by atoms with Crippen molar-refractivity contribution in [2.75, 3.05) is 11.2 Å². The molecule has 86 valence electrons. The van der Waals surface area contributed by atoms with E-state index < -0.39 is 17.5 Å². The monoisotopic (exact) mass is 245 g/mol. The number of rotatable bonds is 3. The molecule has 0 heterocycles. The summed E-state index contributed by atoms with van der Waals surface area (Å²) in [6, 6.07) is 2.89. The standard InChI is InChI=1S/C11H10ClF2NO/c12-5-9(16)15-8-4-3-7(6-1-2-6)10(13)11(8)14/h3-4,6H,1-2,5H2,(H,15,16). The van der Waals surface area contributed by atoms with Gasteiger partial charge in [0.05, 0.1) is 5.69 Å². The van der Waals surface area contributed by atoms with Crippen LogP contribution >= 0.6 is 11.6 Å². The van der Waals surface area contributed by atoms with Gasteiger partial charge in [0.25, 0.3) is 0 Å². The fourth-order valence-corrected chi connectivity index (χ4v) is 1.62. The molecule has 1 amide bonds. The van der Waals surface area contributed by atoms with Crippen LogP contribution < -0.4 is 5.32 Å². The smallest absolute Gasteiger partial charge is 0.239 e. The Hall–Kier alpha value is -1.16. The Bertz CT molecular complexity index is 432. The molecular formula is C11H10ClF2NO. The van der Waals surface area contributed by atoms with Gasteiger partial charge in [0.15, 0.2) is 11.6 Å². The fourth-order valence-electron chi connectivity index (χ4n) is 1.55. The second-order valence-corrected chi connectivity index (χ2v) is 4.05. The molecule has 1 N–H and O–H groups in total. The van der Waals surface area contributed by atoms with Crippen LogP contribution in [-0.2, 0) is 4.79 Å². The first kappa shape index (κ1) is 11.3. The number of alkyl halides is 1. The molecule has 0 saturated heterocycles. The zero-order valence-electron chi connectivity index (χ0n) is 8.40. The summed E-state index contributed by atoms with van der Waals surface area (Å²) in [5.41, 5.74) is 0.230. The van der Waals surface area contributed by atoms with Gasteiger partial charge in [-0.1, -0.05) is 6.07 Å². The number of anilines is 1. The average Bonchev–Trinajstić information content (AvgIpc) is 3.09. The van der Waals surface area contributed by atoms with Gasteiger partial charge in [-0.25, -0.2) is 8.78 Å². The Kier molecular flexibility index (Phi) is 3.10. The van der Waals surface area contributed by atoms with Gasteiger partial charge in [-0.2, -0.15) is 0 Å². The highest BCUT2D eigenvalue weighted by Gasteiger charge is 2.28. The van der Waals surface area contributed by atoms with Crippen molar-refractivity contribution in [3.8, 4) is 0 Å². The van der Waals surface area contributed by atoms with Crippen LogP contribution in [0.1, 0.15) is 24.3 Å². The second-order valence-electron chi connectivity index (χ2n) is 3.79. The normalized spacial score (nSPS) is 14.9. The molecule has 16 heavy (non-hydrogen) atoms. The summed E-state index contributed by atoms with van der Waals surface area (Å²) in [6.45, 7) is 0. The lowest BCUT2D eigenvalue weighted by atomic mass is 10.1. The molecule has 0 aromatic heterocycles. The molecule has 1 aliphatic rings. The number of amides is 1. The largest absolute Gasteiger partial charge is 0.322 e. The van der Waals surface area contributed by atoms with E-state index in [1.54, 1.807) is 0 Å². The first-order valence-electron chi connectivity index (χ1n) is 4.97. The van der Waals surface area contributed by atoms with Gasteiger partial charge >= 0.3 is 0 Å². The highest BCUT2D eigenvalue weighted by atomic mass is 35.5. The van der Waals surface area contributed by atoms with Crippen LogP contribution in [0.15, 0.2) is 12.1 Å². The summed E-state index contributed by atoms with van der Waals surface area (Å²) in [4.78, 5) is 10.9. The maximum absolute atomic E-state index is 13.5. The molecule has 0 aliphatic heterocycles. The maximum Gasteiger partial charge on any atom is 0.239 e. The van der Waals surface area contributed by atoms with Crippen molar-refractivity contribution >= 4 is 23.2 Å². The van der Waals surface area contributed by atoms with Crippen LogP contribution in [0.4, 0.5) is 14.5 Å². The zero-order chi connectivity index (χ0) is 11.7. The third-order valence-corrected chi connectivity index (χ3v) is 2.77. The van der Waals surface area contributed by atoms with E-state index in [0.29, 0.717) is 5.56 Å². The first-order valence-corrected chi connectivity index (χ1v) is 5.50. The number of carbonyl (C=O) groups excluding carboxylic acids is 1. The predicted molar refractivity (Wildman–Crippen MR) is 57.7 cm³/mol. The molecule has 2 nitrogen and oxygen atoms in total. The van der Waals surface area contributed by atoms with Gasteiger partial charge < -0.3 is 5.32 Å². The van der Waals surface area contributed by atoms with Gasteiger partial charge in [-0.3, -0.25) is 4.79 Å². The Morgan fingerprint density at radius 1 is 1.38 bits per heavy atom. The molecule has 1 aliphatic carbocycles. The van der Waals surface area contributed by atoms with Gasteiger partial charge in [0.1, 0.15) is 5.88 Å². The molecule has 1 aromatic rings. The summed E-state index contributed by atoms with van der Waals surface area (Å²) < 4.78 is 27.1. The lowest BCUT2D eigenvalue weighted by Crippen LogP contribution is -2.14. The molecule has 1 fully saturated rings. The van der Waals surface area contributed by atoms with Crippen LogP contribution in [0.3, 0.4) is 0 Å². The van der Waals surface area contributed by atoms with E-state index in [1.807, 2.05) is 0 Å². The number of benzene rings is 1. The molecule has 5 heteroatoms. The minimum atomic E-state index is -1.01. The molecule has 0 spiro atoms. The van der Waals surface area contributed by atoms with Crippen LogP contribution in [0.2, 0.25) is 0 Å². The first-order chi connectivity index (χ1) is 7.63. The zero-order valence-corrected chi connectivity index (χ0v) is 9.15. The van der Waals surface area contributed by atoms with Gasteiger partial charge in [0, 0.05) is 0 Å². The summed E-state index contributed by atoms with van der Waals surface area (Å²) in [5, 5.41) is 2.20. The Morgan fingerprint density at radius 3 is 2.62 bits per heavy atom. The Balaban J connectivity index is 2.27. The highest BCUT2D eigenvalue weighted by Crippen LogP contribution is 2.42. The van der Waals surface area contributed by atoms with Crippen molar-refractivity contribution < 1.29 is 13.6 Å². The molecule has 0 radical (unpaired) electrons. The third kappa shape index (κ3) is 2.16. The van der Waals surface area contributed by atoms with Crippen molar-refractivity contribution in [2.24, 2.45) is 0 Å². The molecule has 0 unspecified atom stereocenters. The summed E-state index contributed by atoms with van der Waals surface area (Å²) in [5.74, 6) is -2.59. The number of halogens is 3. The van der Waals surface area contributed by atoms with Crippen molar-refractivity contribution in [3.05, 3.63) is 29.3 Å². The van der Waals surface area contributed by atoms with Gasteiger partial charge in [0.2, 0.25) is 5.91 Å².